The highest BCUT2D eigenvalue weighted by Crippen LogP contribution is 2.28. The van der Waals surface area contributed by atoms with E-state index >= 15 is 0 Å². The minimum Gasteiger partial charge on any atom is -0.341 e. The highest BCUT2D eigenvalue weighted by atomic mass is 16.2. The van der Waals surface area contributed by atoms with Gasteiger partial charge in [0.15, 0.2) is 0 Å². The van der Waals surface area contributed by atoms with Crippen molar-refractivity contribution in [3.63, 3.8) is 0 Å². The summed E-state index contributed by atoms with van der Waals surface area (Å²) in [4.78, 5) is 32.5. The summed E-state index contributed by atoms with van der Waals surface area (Å²) < 4.78 is 0. The third-order valence-corrected chi connectivity index (χ3v) is 5.01. The molecule has 0 bridgehead atoms. The average molecular weight is 330 g/mol. The van der Waals surface area contributed by atoms with Crippen LogP contribution < -0.4 is 5.32 Å². The maximum Gasteiger partial charge on any atom is 0.321 e. The fourth-order valence-electron chi connectivity index (χ4n) is 3.60. The zero-order valence-electron chi connectivity index (χ0n) is 14.1. The molecule has 0 atom stereocenters. The summed E-state index contributed by atoms with van der Waals surface area (Å²) in [6.45, 7) is 2.66. The zero-order chi connectivity index (χ0) is 16.8. The Labute approximate surface area is 143 Å². The number of hydrogen-bond donors (Lipinski definition) is 1. The molecule has 1 aliphatic heterocycles. The fourth-order valence-corrected chi connectivity index (χ4v) is 3.60. The number of carbonyl (C=O) groups is 2. The fraction of sp³-hybridized carbons (Fsp3) is 0.611. The molecule has 24 heavy (non-hydrogen) atoms. The Morgan fingerprint density at radius 1 is 1.00 bits per heavy atom. The summed E-state index contributed by atoms with van der Waals surface area (Å²) in [5.74, 6) is 0.838. The van der Waals surface area contributed by atoms with Gasteiger partial charge in [0.1, 0.15) is 0 Å². The van der Waals surface area contributed by atoms with Gasteiger partial charge in [0, 0.05) is 50.7 Å². The van der Waals surface area contributed by atoms with Crippen molar-refractivity contribution in [1.29, 1.82) is 0 Å². The van der Waals surface area contributed by atoms with Crippen LogP contribution in [0.1, 0.15) is 38.5 Å². The second-order valence-electron chi connectivity index (χ2n) is 6.74. The van der Waals surface area contributed by atoms with Crippen molar-refractivity contribution >= 4 is 17.6 Å². The number of amides is 3. The monoisotopic (exact) mass is 330 g/mol. The summed E-state index contributed by atoms with van der Waals surface area (Å²) in [5, 5.41) is 2.89. The number of hydrogen-bond acceptors (Lipinski definition) is 3. The molecule has 1 saturated heterocycles. The van der Waals surface area contributed by atoms with Gasteiger partial charge in [-0.3, -0.25) is 9.78 Å². The quantitative estimate of drug-likeness (QED) is 0.927. The standard InChI is InChI=1S/C18H26N4O2/c23-17(14-15-4-1-2-5-15)21-10-3-11-22(13-12-21)18(24)20-16-6-8-19-9-7-16/h6-9,15H,1-5,10-14H2,(H,19,20,24). The first-order valence-electron chi connectivity index (χ1n) is 8.96. The van der Waals surface area contributed by atoms with Crippen molar-refractivity contribution in [1.82, 2.24) is 14.8 Å². The van der Waals surface area contributed by atoms with Gasteiger partial charge in [-0.15, -0.1) is 0 Å². The number of pyridine rings is 1. The van der Waals surface area contributed by atoms with Gasteiger partial charge >= 0.3 is 6.03 Å². The maximum atomic E-state index is 12.5. The zero-order valence-corrected chi connectivity index (χ0v) is 14.1. The van der Waals surface area contributed by atoms with Gasteiger partial charge in [-0.2, -0.15) is 0 Å². The number of rotatable bonds is 3. The van der Waals surface area contributed by atoms with E-state index in [4.69, 9.17) is 0 Å². The Morgan fingerprint density at radius 3 is 2.42 bits per heavy atom. The molecule has 1 aromatic rings. The van der Waals surface area contributed by atoms with Gasteiger partial charge in [-0.25, -0.2) is 4.79 Å². The molecule has 6 heteroatoms. The molecule has 1 N–H and O–H groups in total. The van der Waals surface area contributed by atoms with Gasteiger partial charge in [-0.1, -0.05) is 12.8 Å². The number of carbonyl (C=O) groups excluding carboxylic acids is 2. The molecule has 0 unspecified atom stereocenters. The van der Waals surface area contributed by atoms with Crippen molar-refractivity contribution in [2.24, 2.45) is 5.92 Å². The molecule has 2 heterocycles. The molecule has 1 aliphatic carbocycles. The van der Waals surface area contributed by atoms with Crippen molar-refractivity contribution in [2.75, 3.05) is 31.5 Å². The molecule has 3 amide bonds. The summed E-state index contributed by atoms with van der Waals surface area (Å²) in [5.41, 5.74) is 0.744. The van der Waals surface area contributed by atoms with Crippen LogP contribution in [-0.2, 0) is 4.79 Å². The predicted octanol–water partition coefficient (Wildman–Crippen LogP) is 2.73. The number of anilines is 1. The Balaban J connectivity index is 1.49. The molecule has 130 valence electrons. The third-order valence-electron chi connectivity index (χ3n) is 5.01. The summed E-state index contributed by atoms with van der Waals surface area (Å²) in [6, 6.07) is 3.44. The molecule has 6 nitrogen and oxygen atoms in total. The molecular weight excluding hydrogens is 304 g/mol. The third kappa shape index (κ3) is 4.46. The SMILES string of the molecule is O=C(CC1CCCC1)N1CCCN(C(=O)Nc2ccncc2)CC1. The van der Waals surface area contributed by atoms with Crippen molar-refractivity contribution < 1.29 is 9.59 Å². The molecule has 3 rings (SSSR count). The molecule has 0 spiro atoms. The minimum absolute atomic E-state index is 0.105. The van der Waals surface area contributed by atoms with Gasteiger partial charge in [0.2, 0.25) is 5.91 Å². The Bertz CT molecular complexity index is 557. The van der Waals surface area contributed by atoms with Crippen molar-refractivity contribution in [3.8, 4) is 0 Å². The van der Waals surface area contributed by atoms with E-state index in [2.05, 4.69) is 10.3 Å². The molecular formula is C18H26N4O2. The summed E-state index contributed by atoms with van der Waals surface area (Å²) in [6.07, 6.45) is 9.74. The van der Waals surface area contributed by atoms with E-state index in [1.54, 1.807) is 29.4 Å². The first-order valence-corrected chi connectivity index (χ1v) is 8.96. The normalized spacial score (nSPS) is 19.2. The average Bonchev–Trinajstić information content (AvgIpc) is 2.96. The Hall–Kier alpha value is -2.11. The lowest BCUT2D eigenvalue weighted by atomic mass is 10.0. The van der Waals surface area contributed by atoms with Gasteiger partial charge in [0.25, 0.3) is 0 Å². The van der Waals surface area contributed by atoms with E-state index in [-0.39, 0.29) is 11.9 Å². The van der Waals surface area contributed by atoms with Crippen LogP contribution in [0.3, 0.4) is 0 Å². The van der Waals surface area contributed by atoms with Crippen LogP contribution in [0.2, 0.25) is 0 Å². The lowest BCUT2D eigenvalue weighted by molar-refractivity contribution is -0.132. The number of aromatic nitrogens is 1. The van der Waals surface area contributed by atoms with Gasteiger partial charge < -0.3 is 15.1 Å². The number of nitrogens with zero attached hydrogens (tertiary/aromatic N) is 3. The predicted molar refractivity (Wildman–Crippen MR) is 92.6 cm³/mol. The van der Waals surface area contributed by atoms with E-state index in [9.17, 15) is 9.59 Å². The molecule has 1 aromatic heterocycles. The first kappa shape index (κ1) is 16.7. The first-order chi connectivity index (χ1) is 11.7. The van der Waals surface area contributed by atoms with Crippen molar-refractivity contribution in [2.45, 2.75) is 38.5 Å². The van der Waals surface area contributed by atoms with Crippen LogP contribution in [0.15, 0.2) is 24.5 Å². The highest BCUT2D eigenvalue weighted by molar-refractivity contribution is 5.89. The van der Waals surface area contributed by atoms with Gasteiger partial charge in [0.05, 0.1) is 0 Å². The summed E-state index contributed by atoms with van der Waals surface area (Å²) >= 11 is 0. The highest BCUT2D eigenvalue weighted by Gasteiger charge is 2.25. The molecule has 0 aromatic carbocycles. The van der Waals surface area contributed by atoms with E-state index in [1.165, 1.54) is 25.7 Å². The number of urea groups is 1. The van der Waals surface area contributed by atoms with Crippen LogP contribution in [0.4, 0.5) is 10.5 Å². The largest absolute Gasteiger partial charge is 0.341 e. The van der Waals surface area contributed by atoms with Crippen LogP contribution in [0.25, 0.3) is 0 Å². The van der Waals surface area contributed by atoms with E-state index < -0.39 is 0 Å². The van der Waals surface area contributed by atoms with Crippen molar-refractivity contribution in [3.05, 3.63) is 24.5 Å². The second kappa shape index (κ2) is 8.13. The summed E-state index contributed by atoms with van der Waals surface area (Å²) in [7, 11) is 0. The van der Waals surface area contributed by atoms with E-state index in [0.717, 1.165) is 18.7 Å². The minimum atomic E-state index is -0.105. The topological polar surface area (TPSA) is 65.5 Å². The van der Waals surface area contributed by atoms with Crippen LogP contribution in [-0.4, -0.2) is 52.9 Å². The number of nitrogens with one attached hydrogen (secondary N) is 1. The van der Waals surface area contributed by atoms with Gasteiger partial charge in [-0.05, 0) is 37.3 Å². The maximum absolute atomic E-state index is 12.5. The Kier molecular flexibility index (Phi) is 5.67. The Morgan fingerprint density at radius 2 is 1.67 bits per heavy atom. The molecule has 2 fully saturated rings. The lowest BCUT2D eigenvalue weighted by Crippen LogP contribution is -2.39. The van der Waals surface area contributed by atoms with Crippen LogP contribution in [0.5, 0.6) is 0 Å². The molecule has 2 aliphatic rings. The lowest BCUT2D eigenvalue weighted by Gasteiger charge is -2.23. The molecule has 0 radical (unpaired) electrons. The van der Waals surface area contributed by atoms with E-state index in [0.29, 0.717) is 32.0 Å². The van der Waals surface area contributed by atoms with Crippen LogP contribution in [0, 0.1) is 5.92 Å². The van der Waals surface area contributed by atoms with Crippen LogP contribution >= 0.6 is 0 Å². The van der Waals surface area contributed by atoms with E-state index in [1.807, 2.05) is 4.90 Å². The second-order valence-corrected chi connectivity index (χ2v) is 6.74. The smallest absolute Gasteiger partial charge is 0.321 e. The molecule has 1 saturated carbocycles.